The molecule has 9 heteroatoms. The Kier molecular flexibility index (Phi) is 6.16. The Morgan fingerprint density at radius 2 is 1.75 bits per heavy atom. The molecule has 3 aromatic rings. The minimum Gasteiger partial charge on any atom is -0.406 e. The second-order valence-electron chi connectivity index (χ2n) is 8.00. The van der Waals surface area contributed by atoms with Gasteiger partial charge in [0, 0.05) is 18.2 Å². The zero-order valence-corrected chi connectivity index (χ0v) is 17.1. The number of hydrogen-bond acceptors (Lipinski definition) is 4. The van der Waals surface area contributed by atoms with Crippen LogP contribution in [-0.4, -0.2) is 21.8 Å². The molecule has 1 fully saturated rings. The quantitative estimate of drug-likeness (QED) is 0.616. The number of nitrogens with one attached hydrogen (secondary N) is 1. The zero-order valence-electron chi connectivity index (χ0n) is 17.1. The number of carbonyl (C=O) groups excluding carboxylic acids is 1. The summed E-state index contributed by atoms with van der Waals surface area (Å²) in [6.45, 7) is 0.561. The maximum Gasteiger partial charge on any atom is 0.573 e. The maximum absolute atomic E-state index is 12.7. The van der Waals surface area contributed by atoms with Gasteiger partial charge < -0.3 is 10.1 Å². The summed E-state index contributed by atoms with van der Waals surface area (Å²) in [4.78, 5) is 29.6. The molecule has 2 aromatic carbocycles. The third-order valence-electron chi connectivity index (χ3n) is 5.76. The minimum atomic E-state index is -4.75. The standard InChI is InChI=1S/C23H22F3N3O3/c24-23(25,26)32-18-11-9-17(10-12-18)28-21(30)16-7-5-15(6-8-16)13-29-14-27-20-4-2-1-3-19(20)22(29)31/h1-4,9-12,14-16H,5-8,13H2,(H,28,30). The molecule has 1 heterocycles. The molecule has 0 atom stereocenters. The second-order valence-corrected chi connectivity index (χ2v) is 8.00. The van der Waals surface area contributed by atoms with E-state index in [-0.39, 0.29) is 29.1 Å². The topological polar surface area (TPSA) is 73.2 Å². The Hall–Kier alpha value is -3.36. The number of aromatic nitrogens is 2. The molecule has 0 unspecified atom stereocenters. The molecule has 0 bridgehead atoms. The van der Waals surface area contributed by atoms with Crippen molar-refractivity contribution in [3.05, 3.63) is 65.2 Å². The van der Waals surface area contributed by atoms with Crippen LogP contribution in [0.1, 0.15) is 25.7 Å². The van der Waals surface area contributed by atoms with E-state index in [0.29, 0.717) is 36.0 Å². The fourth-order valence-corrected chi connectivity index (χ4v) is 4.11. The van der Waals surface area contributed by atoms with E-state index in [1.807, 2.05) is 18.2 Å². The highest BCUT2D eigenvalue weighted by molar-refractivity contribution is 5.92. The third-order valence-corrected chi connectivity index (χ3v) is 5.76. The van der Waals surface area contributed by atoms with Crippen LogP contribution in [0.2, 0.25) is 0 Å². The molecule has 1 aromatic heterocycles. The van der Waals surface area contributed by atoms with Gasteiger partial charge in [0.25, 0.3) is 5.56 Å². The molecule has 1 aliphatic rings. The van der Waals surface area contributed by atoms with Crippen LogP contribution in [0, 0.1) is 11.8 Å². The largest absolute Gasteiger partial charge is 0.573 e. The zero-order chi connectivity index (χ0) is 22.7. The van der Waals surface area contributed by atoms with Crippen molar-refractivity contribution in [1.82, 2.24) is 9.55 Å². The summed E-state index contributed by atoms with van der Waals surface area (Å²) in [5.41, 5.74) is 1.03. The second kappa shape index (κ2) is 9.02. The lowest BCUT2D eigenvalue weighted by molar-refractivity contribution is -0.274. The number of amides is 1. The van der Waals surface area contributed by atoms with Crippen molar-refractivity contribution in [2.75, 3.05) is 5.32 Å². The predicted octanol–water partition coefficient (Wildman–Crippen LogP) is 4.74. The van der Waals surface area contributed by atoms with Crippen LogP contribution in [0.4, 0.5) is 18.9 Å². The van der Waals surface area contributed by atoms with Crippen LogP contribution in [0.15, 0.2) is 59.7 Å². The Balaban J connectivity index is 1.30. The van der Waals surface area contributed by atoms with Gasteiger partial charge in [-0.15, -0.1) is 13.2 Å². The first-order valence-corrected chi connectivity index (χ1v) is 10.4. The van der Waals surface area contributed by atoms with E-state index >= 15 is 0 Å². The summed E-state index contributed by atoms with van der Waals surface area (Å²) in [6.07, 6.45) is -0.207. The highest BCUT2D eigenvalue weighted by atomic mass is 19.4. The van der Waals surface area contributed by atoms with E-state index in [1.54, 1.807) is 17.0 Å². The summed E-state index contributed by atoms with van der Waals surface area (Å²) in [5.74, 6) is -0.394. The first kappa shape index (κ1) is 21.9. The first-order valence-electron chi connectivity index (χ1n) is 10.4. The fraction of sp³-hybridized carbons (Fsp3) is 0.348. The van der Waals surface area contributed by atoms with E-state index in [9.17, 15) is 22.8 Å². The summed E-state index contributed by atoms with van der Waals surface area (Å²) in [5, 5.41) is 3.35. The van der Waals surface area contributed by atoms with Gasteiger partial charge in [0.1, 0.15) is 5.75 Å². The molecule has 1 amide bonds. The number of rotatable bonds is 5. The number of anilines is 1. The van der Waals surface area contributed by atoms with Crippen molar-refractivity contribution in [2.24, 2.45) is 11.8 Å². The number of fused-ring (bicyclic) bond motifs is 1. The molecule has 6 nitrogen and oxygen atoms in total. The lowest BCUT2D eigenvalue weighted by Crippen LogP contribution is -2.30. The Bertz CT molecular complexity index is 1150. The molecule has 1 aliphatic carbocycles. The summed E-state index contributed by atoms with van der Waals surface area (Å²) < 4.78 is 42.2. The maximum atomic E-state index is 12.7. The number of carbonyl (C=O) groups is 1. The van der Waals surface area contributed by atoms with Gasteiger partial charge in [-0.25, -0.2) is 4.98 Å². The highest BCUT2D eigenvalue weighted by Crippen LogP contribution is 2.31. The van der Waals surface area contributed by atoms with E-state index in [4.69, 9.17) is 0 Å². The van der Waals surface area contributed by atoms with Crippen molar-refractivity contribution in [1.29, 1.82) is 0 Å². The monoisotopic (exact) mass is 445 g/mol. The van der Waals surface area contributed by atoms with Crippen LogP contribution >= 0.6 is 0 Å². The molecule has 0 saturated heterocycles. The van der Waals surface area contributed by atoms with Crippen LogP contribution in [-0.2, 0) is 11.3 Å². The molecule has 32 heavy (non-hydrogen) atoms. The van der Waals surface area contributed by atoms with Gasteiger partial charge in [0.2, 0.25) is 5.91 Å². The van der Waals surface area contributed by atoms with Gasteiger partial charge >= 0.3 is 6.36 Å². The average Bonchev–Trinajstić information content (AvgIpc) is 2.77. The third kappa shape index (κ3) is 5.27. The molecule has 0 aliphatic heterocycles. The number of benzene rings is 2. The van der Waals surface area contributed by atoms with Crippen molar-refractivity contribution >= 4 is 22.5 Å². The molecular weight excluding hydrogens is 423 g/mol. The molecule has 1 saturated carbocycles. The van der Waals surface area contributed by atoms with E-state index in [0.717, 1.165) is 25.0 Å². The summed E-state index contributed by atoms with van der Waals surface area (Å²) in [6, 6.07) is 12.3. The van der Waals surface area contributed by atoms with Gasteiger partial charge in [-0.3, -0.25) is 14.2 Å². The first-order chi connectivity index (χ1) is 15.3. The van der Waals surface area contributed by atoms with Gasteiger partial charge in [-0.2, -0.15) is 0 Å². The van der Waals surface area contributed by atoms with Crippen molar-refractivity contribution < 1.29 is 22.7 Å². The molecule has 4 rings (SSSR count). The highest BCUT2D eigenvalue weighted by Gasteiger charge is 2.31. The van der Waals surface area contributed by atoms with Crippen molar-refractivity contribution in [3.8, 4) is 5.75 Å². The van der Waals surface area contributed by atoms with Crippen molar-refractivity contribution in [3.63, 3.8) is 0 Å². The van der Waals surface area contributed by atoms with Gasteiger partial charge in [-0.1, -0.05) is 12.1 Å². The lowest BCUT2D eigenvalue weighted by atomic mass is 9.81. The van der Waals surface area contributed by atoms with Crippen LogP contribution in [0.3, 0.4) is 0 Å². The summed E-state index contributed by atoms with van der Waals surface area (Å²) >= 11 is 0. The number of halogens is 3. The van der Waals surface area contributed by atoms with Gasteiger partial charge in [-0.05, 0) is 68.0 Å². The molecule has 1 N–H and O–H groups in total. The predicted molar refractivity (Wildman–Crippen MR) is 113 cm³/mol. The average molecular weight is 445 g/mol. The number of alkyl halides is 3. The van der Waals surface area contributed by atoms with Crippen molar-refractivity contribution in [2.45, 2.75) is 38.6 Å². The molecule has 168 valence electrons. The molecule has 0 radical (unpaired) electrons. The SMILES string of the molecule is O=C(Nc1ccc(OC(F)(F)F)cc1)C1CCC(Cn2cnc3ccccc3c2=O)CC1. The number of para-hydroxylation sites is 1. The van der Waals surface area contributed by atoms with E-state index in [1.165, 1.54) is 12.1 Å². The Labute approximate surface area is 182 Å². The fourth-order valence-electron chi connectivity index (χ4n) is 4.11. The van der Waals surface area contributed by atoms with Crippen LogP contribution < -0.4 is 15.6 Å². The smallest absolute Gasteiger partial charge is 0.406 e. The van der Waals surface area contributed by atoms with E-state index in [2.05, 4.69) is 15.0 Å². The number of nitrogens with zero attached hydrogens (tertiary/aromatic N) is 2. The normalized spacial score (nSPS) is 19.0. The number of hydrogen-bond donors (Lipinski definition) is 1. The Morgan fingerprint density at radius 3 is 2.44 bits per heavy atom. The number of ether oxygens (including phenoxy) is 1. The van der Waals surface area contributed by atoms with Crippen LogP contribution in [0.25, 0.3) is 10.9 Å². The molecule has 0 spiro atoms. The lowest BCUT2D eigenvalue weighted by Gasteiger charge is -2.28. The van der Waals surface area contributed by atoms with E-state index < -0.39 is 6.36 Å². The van der Waals surface area contributed by atoms with Gasteiger partial charge in [0.15, 0.2) is 0 Å². The van der Waals surface area contributed by atoms with Gasteiger partial charge in [0.05, 0.1) is 17.2 Å². The minimum absolute atomic E-state index is 0.0617. The summed E-state index contributed by atoms with van der Waals surface area (Å²) in [7, 11) is 0. The van der Waals surface area contributed by atoms with Crippen LogP contribution in [0.5, 0.6) is 5.75 Å². The Morgan fingerprint density at radius 1 is 1.06 bits per heavy atom. The molecular formula is C23H22F3N3O3.